The summed E-state index contributed by atoms with van der Waals surface area (Å²) in [6, 6.07) is 11.6. The van der Waals surface area contributed by atoms with Crippen LogP contribution in [0.4, 0.5) is 0 Å². The van der Waals surface area contributed by atoms with Gasteiger partial charge in [0.2, 0.25) is 5.91 Å². The first-order valence-corrected chi connectivity index (χ1v) is 9.45. The minimum atomic E-state index is -0.108. The largest absolute Gasteiger partial charge is 0.396 e. The van der Waals surface area contributed by atoms with Crippen molar-refractivity contribution < 1.29 is 9.90 Å². The predicted molar refractivity (Wildman–Crippen MR) is 101 cm³/mol. The molecule has 0 saturated carbocycles. The Hall–Kier alpha value is -1.07. The summed E-state index contributed by atoms with van der Waals surface area (Å²) in [6.07, 6.45) is 2.42. The summed E-state index contributed by atoms with van der Waals surface area (Å²) in [6.45, 7) is 0.0419. The van der Waals surface area contributed by atoms with Gasteiger partial charge >= 0.3 is 0 Å². The Bertz CT molecular complexity index is 660. The molecule has 0 unspecified atom stereocenters. The van der Waals surface area contributed by atoms with Gasteiger partial charge in [0, 0.05) is 20.1 Å². The van der Waals surface area contributed by atoms with E-state index in [-0.39, 0.29) is 18.6 Å². The Labute approximate surface area is 156 Å². The fraction of sp³-hybridized carbons (Fsp3) is 0.389. The summed E-state index contributed by atoms with van der Waals surface area (Å²) in [4.78, 5) is 14.2. The van der Waals surface area contributed by atoms with E-state index < -0.39 is 0 Å². The molecule has 1 aromatic heterocycles. The highest BCUT2D eigenvalue weighted by Gasteiger charge is 2.21. The number of aliphatic hydroxyl groups is 1. The molecule has 1 heterocycles. The summed E-state index contributed by atoms with van der Waals surface area (Å²) in [5.74, 6) is 0.0646. The van der Waals surface area contributed by atoms with Crippen LogP contribution in [0, 0.1) is 0 Å². The van der Waals surface area contributed by atoms with Crippen molar-refractivity contribution in [3.63, 3.8) is 0 Å². The van der Waals surface area contributed by atoms with Crippen LogP contribution in [0.1, 0.15) is 36.4 Å². The molecular weight excluding hydrogens is 365 g/mol. The molecule has 1 amide bonds. The molecular formula is C18H21Cl2NO2S. The van der Waals surface area contributed by atoms with Gasteiger partial charge < -0.3 is 10.0 Å². The number of carbonyl (C=O) groups is 1. The molecule has 2 aromatic rings. The molecule has 0 radical (unpaired) electrons. The number of hydrogen-bond donors (Lipinski definition) is 1. The molecule has 0 fully saturated rings. The number of benzene rings is 1. The molecule has 2 rings (SSSR count). The van der Waals surface area contributed by atoms with Crippen LogP contribution in [0.15, 0.2) is 36.4 Å². The van der Waals surface area contributed by atoms with Crippen LogP contribution >= 0.6 is 34.5 Å². The highest BCUT2D eigenvalue weighted by atomic mass is 35.5. The molecule has 1 atom stereocenters. The topological polar surface area (TPSA) is 40.5 Å². The third-order valence-electron chi connectivity index (χ3n) is 4.01. The molecule has 1 N–H and O–H groups in total. The number of aryl methyl sites for hydroxylation is 1. The van der Waals surface area contributed by atoms with Crippen LogP contribution in [0.25, 0.3) is 0 Å². The number of aliphatic hydroxyl groups excluding tert-OH is 1. The maximum atomic E-state index is 12.5. The smallest absolute Gasteiger partial charge is 0.222 e. The van der Waals surface area contributed by atoms with E-state index in [1.165, 1.54) is 11.3 Å². The number of amides is 1. The van der Waals surface area contributed by atoms with E-state index in [9.17, 15) is 9.90 Å². The molecule has 6 heteroatoms. The standard InChI is InChI=1S/C18H21Cl2NO2S/c1-21(15(10-11-22)13-6-3-2-4-7-13)17(23)9-5-8-14-12-16(19)24-18(14)20/h2-4,6-7,12,15,22H,5,8-11H2,1H3/t15-/m0/s1. The third kappa shape index (κ3) is 5.21. The zero-order valence-corrected chi connectivity index (χ0v) is 15.9. The Morgan fingerprint density at radius 1 is 1.29 bits per heavy atom. The number of nitrogens with zero attached hydrogens (tertiary/aromatic N) is 1. The average Bonchev–Trinajstić information content (AvgIpc) is 2.90. The zero-order chi connectivity index (χ0) is 17.5. The van der Waals surface area contributed by atoms with Crippen molar-refractivity contribution in [2.75, 3.05) is 13.7 Å². The summed E-state index contributed by atoms with van der Waals surface area (Å²) in [5.41, 5.74) is 2.03. The maximum Gasteiger partial charge on any atom is 0.222 e. The van der Waals surface area contributed by atoms with Crippen LogP contribution in [0.3, 0.4) is 0 Å². The zero-order valence-electron chi connectivity index (χ0n) is 13.5. The number of hydrogen-bond acceptors (Lipinski definition) is 3. The molecule has 0 bridgehead atoms. The molecule has 0 aliphatic carbocycles. The Balaban J connectivity index is 1.93. The first-order chi connectivity index (χ1) is 11.5. The van der Waals surface area contributed by atoms with Crippen molar-refractivity contribution >= 4 is 40.4 Å². The van der Waals surface area contributed by atoms with Crippen molar-refractivity contribution in [2.24, 2.45) is 0 Å². The normalized spacial score (nSPS) is 12.2. The van der Waals surface area contributed by atoms with Crippen LogP contribution in [0.5, 0.6) is 0 Å². The molecule has 130 valence electrons. The lowest BCUT2D eigenvalue weighted by atomic mass is 10.0. The molecule has 0 aliphatic rings. The Morgan fingerprint density at radius 2 is 2.00 bits per heavy atom. The van der Waals surface area contributed by atoms with Crippen LogP contribution < -0.4 is 0 Å². The van der Waals surface area contributed by atoms with Crippen molar-refractivity contribution in [1.29, 1.82) is 0 Å². The van der Waals surface area contributed by atoms with Crippen LogP contribution in [0.2, 0.25) is 8.67 Å². The van der Waals surface area contributed by atoms with Gasteiger partial charge in [-0.25, -0.2) is 0 Å². The average molecular weight is 386 g/mol. The van der Waals surface area contributed by atoms with Crippen LogP contribution in [-0.4, -0.2) is 29.6 Å². The van der Waals surface area contributed by atoms with Gasteiger partial charge in [0.15, 0.2) is 0 Å². The van der Waals surface area contributed by atoms with Gasteiger partial charge in [-0.05, 0) is 36.5 Å². The monoisotopic (exact) mass is 385 g/mol. The molecule has 0 aliphatic heterocycles. The maximum absolute atomic E-state index is 12.5. The summed E-state index contributed by atoms with van der Waals surface area (Å²) in [5, 5.41) is 9.32. The quantitative estimate of drug-likeness (QED) is 0.697. The van der Waals surface area contributed by atoms with E-state index >= 15 is 0 Å². The van der Waals surface area contributed by atoms with Crippen molar-refractivity contribution in [3.8, 4) is 0 Å². The molecule has 24 heavy (non-hydrogen) atoms. The minimum absolute atomic E-state index is 0.0419. The summed E-state index contributed by atoms with van der Waals surface area (Å²) in [7, 11) is 1.80. The van der Waals surface area contributed by atoms with Crippen molar-refractivity contribution in [3.05, 3.63) is 56.2 Å². The SMILES string of the molecule is CN(C(=O)CCCc1cc(Cl)sc1Cl)[C@@H](CCO)c1ccccc1. The summed E-state index contributed by atoms with van der Waals surface area (Å²) >= 11 is 13.4. The predicted octanol–water partition coefficient (Wildman–Crippen LogP) is 4.96. The van der Waals surface area contributed by atoms with E-state index in [0.717, 1.165) is 24.0 Å². The van der Waals surface area contributed by atoms with Gasteiger partial charge in [0.25, 0.3) is 0 Å². The van der Waals surface area contributed by atoms with Gasteiger partial charge in [-0.15, -0.1) is 11.3 Å². The summed E-state index contributed by atoms with van der Waals surface area (Å²) < 4.78 is 1.37. The van der Waals surface area contributed by atoms with E-state index in [1.807, 2.05) is 36.4 Å². The Morgan fingerprint density at radius 3 is 2.58 bits per heavy atom. The number of rotatable bonds is 8. The lowest BCUT2D eigenvalue weighted by molar-refractivity contribution is -0.132. The van der Waals surface area contributed by atoms with Crippen molar-refractivity contribution in [2.45, 2.75) is 31.7 Å². The third-order valence-corrected chi connectivity index (χ3v) is 5.58. The molecule has 0 saturated heterocycles. The number of carbonyl (C=O) groups excluding carboxylic acids is 1. The van der Waals surface area contributed by atoms with Gasteiger partial charge in [-0.1, -0.05) is 53.5 Å². The fourth-order valence-corrected chi connectivity index (χ4v) is 4.25. The van der Waals surface area contributed by atoms with Gasteiger partial charge in [0.1, 0.15) is 0 Å². The number of thiophene rings is 1. The Kier molecular flexibility index (Phi) is 7.56. The molecule has 3 nitrogen and oxygen atoms in total. The molecule has 1 aromatic carbocycles. The van der Waals surface area contributed by atoms with E-state index in [0.29, 0.717) is 21.5 Å². The van der Waals surface area contributed by atoms with Gasteiger partial charge in [0.05, 0.1) is 14.7 Å². The minimum Gasteiger partial charge on any atom is -0.396 e. The van der Waals surface area contributed by atoms with E-state index in [4.69, 9.17) is 23.2 Å². The lowest BCUT2D eigenvalue weighted by Crippen LogP contribution is -2.31. The lowest BCUT2D eigenvalue weighted by Gasteiger charge is -2.28. The highest BCUT2D eigenvalue weighted by Crippen LogP contribution is 2.32. The second kappa shape index (κ2) is 9.42. The first-order valence-electron chi connectivity index (χ1n) is 7.88. The number of halogens is 2. The fourth-order valence-electron chi connectivity index (χ4n) is 2.71. The first kappa shape index (κ1) is 19.3. The second-order valence-electron chi connectivity index (χ2n) is 5.65. The molecule has 0 spiro atoms. The van der Waals surface area contributed by atoms with E-state index in [2.05, 4.69) is 0 Å². The van der Waals surface area contributed by atoms with Crippen LogP contribution in [-0.2, 0) is 11.2 Å². The van der Waals surface area contributed by atoms with Gasteiger partial charge in [-0.3, -0.25) is 4.79 Å². The second-order valence-corrected chi connectivity index (χ2v) is 7.93. The van der Waals surface area contributed by atoms with Crippen molar-refractivity contribution in [1.82, 2.24) is 4.90 Å². The van der Waals surface area contributed by atoms with E-state index in [1.54, 1.807) is 11.9 Å². The highest BCUT2D eigenvalue weighted by molar-refractivity contribution is 7.20. The van der Waals surface area contributed by atoms with Gasteiger partial charge in [-0.2, -0.15) is 0 Å².